The second-order valence-corrected chi connectivity index (χ2v) is 16.0. The molecule has 0 aromatic carbocycles. The number of aliphatic hydroxyl groups excluding tert-OH is 7. The van der Waals surface area contributed by atoms with Crippen molar-refractivity contribution in [2.75, 3.05) is 28.4 Å². The van der Waals surface area contributed by atoms with Crippen molar-refractivity contribution in [1.29, 1.82) is 0 Å². The lowest BCUT2D eigenvalue weighted by molar-refractivity contribution is -0.0425. The molecule has 11 heteroatoms. The minimum Gasteiger partial charge on any atom is -0.393 e. The van der Waals surface area contributed by atoms with Gasteiger partial charge in [0.2, 0.25) is 0 Å². The maximum atomic E-state index is 9.30. The highest BCUT2D eigenvalue weighted by molar-refractivity contribution is 4.79. The van der Waals surface area contributed by atoms with Gasteiger partial charge in [-0.25, -0.2) is 0 Å². The molecule has 0 bridgehead atoms. The first kappa shape index (κ1) is 46.6. The van der Waals surface area contributed by atoms with Crippen LogP contribution in [0.2, 0.25) is 0 Å². The lowest BCUT2D eigenvalue weighted by atomic mass is 9.82. The van der Waals surface area contributed by atoms with Crippen molar-refractivity contribution < 1.29 is 54.7 Å². The Kier molecular flexibility index (Phi) is 24.3. The van der Waals surface area contributed by atoms with Crippen LogP contribution in [0.15, 0.2) is 0 Å². The molecule has 0 amide bonds. The summed E-state index contributed by atoms with van der Waals surface area (Å²) in [7, 11) is 6.87. The number of hydrogen-bond donors (Lipinski definition) is 7. The molecule has 0 aromatic heterocycles. The monoisotopic (exact) mass is 709 g/mol. The molecule has 294 valence electrons. The summed E-state index contributed by atoms with van der Waals surface area (Å²) in [6.07, 6.45) is 11.3. The van der Waals surface area contributed by atoms with Crippen LogP contribution in [0.4, 0.5) is 0 Å². The van der Waals surface area contributed by atoms with E-state index < -0.39 is 18.3 Å². The molecular weight excluding hydrogens is 632 g/mol. The van der Waals surface area contributed by atoms with E-state index >= 15 is 0 Å². The summed E-state index contributed by atoms with van der Waals surface area (Å²) in [5.74, 6) is 2.98. The van der Waals surface area contributed by atoms with Crippen LogP contribution in [0.5, 0.6) is 0 Å². The van der Waals surface area contributed by atoms with E-state index in [1.807, 2.05) is 7.11 Å². The lowest BCUT2D eigenvalue weighted by Crippen LogP contribution is -2.33. The van der Waals surface area contributed by atoms with E-state index in [-0.39, 0.29) is 30.5 Å². The quantitative estimate of drug-likeness (QED) is 0.225. The fraction of sp³-hybridized carbons (Fsp3) is 1.00. The number of methoxy groups -OCH3 is 4. The van der Waals surface area contributed by atoms with Crippen LogP contribution in [-0.4, -0.2) is 131 Å². The minimum atomic E-state index is -0.510. The van der Waals surface area contributed by atoms with Gasteiger partial charge in [-0.15, -0.1) is 0 Å². The SMILES string of the molecule is COC1CC(O)CC(O)C1.COC1CC(O)C[C@@H](C)C1.COC1CC(O)C[C@@H](C)C1.COC1C[C@H](C)C[C@@H](C)C1.OC1CC(O)CC(O)C1. The molecule has 0 aromatic rings. The summed E-state index contributed by atoms with van der Waals surface area (Å²) in [5, 5.41) is 63.7. The van der Waals surface area contributed by atoms with E-state index in [0.717, 1.165) is 50.4 Å². The second-order valence-electron chi connectivity index (χ2n) is 16.0. The Labute approximate surface area is 297 Å². The third kappa shape index (κ3) is 21.6. The van der Waals surface area contributed by atoms with Gasteiger partial charge in [-0.3, -0.25) is 0 Å². The molecule has 0 spiro atoms. The van der Waals surface area contributed by atoms with Gasteiger partial charge in [0.25, 0.3) is 0 Å². The van der Waals surface area contributed by atoms with Gasteiger partial charge in [0.1, 0.15) is 0 Å². The summed E-state index contributed by atoms with van der Waals surface area (Å²) in [5.41, 5.74) is 0. The highest BCUT2D eigenvalue weighted by Gasteiger charge is 2.27. The minimum absolute atomic E-state index is 0.0405. The van der Waals surface area contributed by atoms with Gasteiger partial charge in [0.15, 0.2) is 0 Å². The molecule has 0 aliphatic heterocycles. The van der Waals surface area contributed by atoms with Crippen molar-refractivity contribution >= 4 is 0 Å². The molecule has 11 nitrogen and oxygen atoms in total. The largest absolute Gasteiger partial charge is 0.393 e. The summed E-state index contributed by atoms with van der Waals surface area (Å²) in [4.78, 5) is 0. The average molecular weight is 709 g/mol. The van der Waals surface area contributed by atoms with Gasteiger partial charge < -0.3 is 54.7 Å². The molecular formula is C38H76O11. The highest BCUT2D eigenvalue weighted by atomic mass is 16.5. The van der Waals surface area contributed by atoms with E-state index in [4.69, 9.17) is 44.5 Å². The molecule has 49 heavy (non-hydrogen) atoms. The van der Waals surface area contributed by atoms with Crippen LogP contribution in [-0.2, 0) is 18.9 Å². The zero-order valence-electron chi connectivity index (χ0n) is 32.0. The maximum Gasteiger partial charge on any atom is 0.0620 e. The van der Waals surface area contributed by atoms with E-state index in [0.29, 0.717) is 68.7 Å². The number of rotatable bonds is 4. The van der Waals surface area contributed by atoms with Crippen molar-refractivity contribution in [1.82, 2.24) is 0 Å². The smallest absolute Gasteiger partial charge is 0.0620 e. The Balaban J connectivity index is 0.000000306. The molecule has 5 saturated carbocycles. The van der Waals surface area contributed by atoms with Crippen LogP contribution in [0.1, 0.15) is 124 Å². The van der Waals surface area contributed by atoms with E-state index in [1.54, 1.807) is 21.3 Å². The van der Waals surface area contributed by atoms with Crippen molar-refractivity contribution in [3.8, 4) is 0 Å². The van der Waals surface area contributed by atoms with Gasteiger partial charge in [-0.05, 0) is 120 Å². The van der Waals surface area contributed by atoms with Gasteiger partial charge >= 0.3 is 0 Å². The number of ether oxygens (including phenoxy) is 4. The second kappa shape index (κ2) is 25.5. The topological polar surface area (TPSA) is 179 Å². The Hall–Kier alpha value is -0.440. The summed E-state index contributed by atoms with van der Waals surface area (Å²) >= 11 is 0. The Bertz CT molecular complexity index is 637. The van der Waals surface area contributed by atoms with Crippen molar-refractivity contribution in [2.24, 2.45) is 23.7 Å². The Morgan fingerprint density at radius 3 is 0.694 bits per heavy atom. The van der Waals surface area contributed by atoms with Crippen LogP contribution in [0, 0.1) is 23.7 Å². The van der Waals surface area contributed by atoms with Gasteiger partial charge in [0, 0.05) is 28.4 Å². The molecule has 0 heterocycles. The maximum absolute atomic E-state index is 9.30. The summed E-state index contributed by atoms with van der Waals surface area (Å²) in [6, 6.07) is 0. The fourth-order valence-corrected chi connectivity index (χ4v) is 8.09. The number of hydrogen-bond acceptors (Lipinski definition) is 11. The predicted octanol–water partition coefficient (Wildman–Crippen LogP) is 3.98. The van der Waals surface area contributed by atoms with Crippen LogP contribution in [0.25, 0.3) is 0 Å². The fourth-order valence-electron chi connectivity index (χ4n) is 8.09. The van der Waals surface area contributed by atoms with Gasteiger partial charge in [-0.1, -0.05) is 27.7 Å². The molecule has 10 atom stereocenters. The normalized spacial score (nSPS) is 42.3. The van der Waals surface area contributed by atoms with Gasteiger partial charge in [0.05, 0.1) is 67.1 Å². The van der Waals surface area contributed by atoms with E-state index in [9.17, 15) is 10.2 Å². The zero-order valence-corrected chi connectivity index (χ0v) is 32.0. The Morgan fingerprint density at radius 1 is 0.265 bits per heavy atom. The van der Waals surface area contributed by atoms with E-state index in [2.05, 4.69) is 27.7 Å². The first-order valence-electron chi connectivity index (χ1n) is 18.9. The van der Waals surface area contributed by atoms with Crippen LogP contribution >= 0.6 is 0 Å². The summed E-state index contributed by atoms with van der Waals surface area (Å²) < 4.78 is 20.7. The third-order valence-electron chi connectivity index (χ3n) is 10.5. The molecule has 7 N–H and O–H groups in total. The standard InChI is InChI=1S/C9H18O.2C8H16O2.C7H14O3.C6H12O3/c1-7-4-8(2)6-9(5-7)10-3;2*1-6-3-7(9)5-8(4-6)10-2;1-10-7-3-5(8)2-6(9)4-7;7-4-1-5(8)3-6(9)2-4/h7-9H,4-6H2,1-3H3;2*6-9H,3-5H2,1-2H3;5-9H,2-4H2,1H3;4-9H,1-3H2/t7-,8-;2*6-,7?,8?;;/m111../s1. The van der Waals surface area contributed by atoms with Crippen LogP contribution in [0.3, 0.4) is 0 Å². The van der Waals surface area contributed by atoms with Crippen molar-refractivity contribution in [3.05, 3.63) is 0 Å². The van der Waals surface area contributed by atoms with E-state index in [1.165, 1.54) is 19.3 Å². The predicted molar refractivity (Wildman–Crippen MR) is 191 cm³/mol. The highest BCUT2D eigenvalue weighted by Crippen LogP contribution is 2.30. The molecule has 5 fully saturated rings. The molecule has 5 rings (SSSR count). The number of aliphatic hydroxyl groups is 7. The molecule has 5 aliphatic carbocycles. The first-order chi connectivity index (χ1) is 23.1. The first-order valence-corrected chi connectivity index (χ1v) is 18.9. The average Bonchev–Trinajstić information content (AvgIpc) is 2.99. The third-order valence-corrected chi connectivity index (χ3v) is 10.5. The summed E-state index contributed by atoms with van der Waals surface area (Å²) in [6.45, 7) is 8.96. The molecule has 0 saturated heterocycles. The van der Waals surface area contributed by atoms with Crippen molar-refractivity contribution in [2.45, 2.75) is 191 Å². The molecule has 0 radical (unpaired) electrons. The lowest BCUT2D eigenvalue weighted by Gasteiger charge is -2.30. The van der Waals surface area contributed by atoms with Crippen LogP contribution < -0.4 is 0 Å². The van der Waals surface area contributed by atoms with Crippen molar-refractivity contribution in [3.63, 3.8) is 0 Å². The molecule has 5 aliphatic rings. The van der Waals surface area contributed by atoms with Gasteiger partial charge in [-0.2, -0.15) is 0 Å². The zero-order chi connectivity index (χ0) is 37.1. The Morgan fingerprint density at radius 2 is 0.449 bits per heavy atom. The molecule has 6 unspecified atom stereocenters.